The highest BCUT2D eigenvalue weighted by Gasteiger charge is 2.36. The normalized spacial score (nSPS) is 17.0. The molecule has 1 aliphatic carbocycles. The van der Waals surface area contributed by atoms with E-state index in [-0.39, 0.29) is 48.6 Å². The maximum Gasteiger partial charge on any atom is 0.333 e. The van der Waals surface area contributed by atoms with Crippen LogP contribution in [0.3, 0.4) is 0 Å². The van der Waals surface area contributed by atoms with Gasteiger partial charge < -0.3 is 15.0 Å². The van der Waals surface area contributed by atoms with Gasteiger partial charge in [0.15, 0.2) is 0 Å². The van der Waals surface area contributed by atoms with E-state index >= 15 is 0 Å². The Hall–Kier alpha value is -3.82. The van der Waals surface area contributed by atoms with Gasteiger partial charge in [-0.2, -0.15) is 0 Å². The number of rotatable bonds is 7. The maximum atomic E-state index is 14.0. The number of benzene rings is 3. The lowest BCUT2D eigenvalue weighted by molar-refractivity contribution is 0.0610. The van der Waals surface area contributed by atoms with E-state index in [1.807, 2.05) is 56.3 Å². The molecule has 10 heteroatoms. The molecule has 2 amide bonds. The molecule has 1 saturated carbocycles. The van der Waals surface area contributed by atoms with Gasteiger partial charge in [0.2, 0.25) is 0 Å². The van der Waals surface area contributed by atoms with Crippen molar-refractivity contribution in [1.29, 1.82) is 0 Å². The molecule has 0 bridgehead atoms. The summed E-state index contributed by atoms with van der Waals surface area (Å²) in [5, 5.41) is 3.50. The highest BCUT2D eigenvalue weighted by molar-refractivity contribution is 9.10. The van der Waals surface area contributed by atoms with Crippen molar-refractivity contribution in [3.05, 3.63) is 115 Å². The lowest BCUT2D eigenvalue weighted by Crippen LogP contribution is -2.47. The van der Waals surface area contributed by atoms with Crippen LogP contribution < -0.4 is 15.7 Å². The van der Waals surface area contributed by atoms with Crippen LogP contribution in [0.4, 0.5) is 0 Å². The molecule has 1 aliphatic heterocycles. The quantitative estimate of drug-likeness (QED) is 0.261. The van der Waals surface area contributed by atoms with Gasteiger partial charge >= 0.3 is 5.69 Å². The number of nitrogens with one attached hydrogen (secondary N) is 1. The molecule has 2 aliphatic rings. The van der Waals surface area contributed by atoms with Crippen LogP contribution in [0.25, 0.3) is 5.69 Å². The van der Waals surface area contributed by atoms with Crippen LogP contribution in [0.2, 0.25) is 5.02 Å². The second kappa shape index (κ2) is 11.5. The van der Waals surface area contributed by atoms with Gasteiger partial charge in [-0.1, -0.05) is 41.9 Å². The number of hydrogen-bond acceptors (Lipinski definition) is 4. The minimum absolute atomic E-state index is 0.0846. The van der Waals surface area contributed by atoms with Crippen LogP contribution in [0.15, 0.2) is 82.1 Å². The largest absolute Gasteiger partial charge is 0.490 e. The molecule has 2 heterocycles. The van der Waals surface area contributed by atoms with E-state index in [4.69, 9.17) is 16.3 Å². The number of nitrogens with zero attached hydrogens (tertiary/aromatic N) is 3. The molecule has 1 fully saturated rings. The van der Waals surface area contributed by atoms with Gasteiger partial charge in [0.25, 0.3) is 11.8 Å². The molecule has 1 unspecified atom stereocenters. The van der Waals surface area contributed by atoms with Crippen molar-refractivity contribution in [2.24, 2.45) is 0 Å². The van der Waals surface area contributed by atoms with Gasteiger partial charge in [-0.3, -0.25) is 18.7 Å². The number of imidazole rings is 1. The molecule has 0 saturated heterocycles. The summed E-state index contributed by atoms with van der Waals surface area (Å²) in [7, 11) is 0. The van der Waals surface area contributed by atoms with E-state index < -0.39 is 5.91 Å². The second-order valence-corrected chi connectivity index (χ2v) is 12.1. The second-order valence-electron chi connectivity index (χ2n) is 10.9. The first-order valence-electron chi connectivity index (χ1n) is 13.9. The average Bonchev–Trinajstić information content (AvgIpc) is 3.76. The Morgan fingerprint density at radius 2 is 1.76 bits per heavy atom. The Morgan fingerprint density at radius 1 is 1.05 bits per heavy atom. The Kier molecular flexibility index (Phi) is 7.72. The number of carbonyl (C=O) groups is 2. The van der Waals surface area contributed by atoms with E-state index in [2.05, 4.69) is 21.2 Å². The first-order valence-corrected chi connectivity index (χ1v) is 15.1. The van der Waals surface area contributed by atoms with Crippen LogP contribution in [-0.2, 0) is 13.1 Å². The summed E-state index contributed by atoms with van der Waals surface area (Å²) >= 11 is 9.66. The third-order valence-electron chi connectivity index (χ3n) is 7.76. The summed E-state index contributed by atoms with van der Waals surface area (Å²) in [6.07, 6.45) is 2.32. The molecule has 8 nitrogen and oxygen atoms in total. The first kappa shape index (κ1) is 28.3. The molecule has 4 aromatic rings. The smallest absolute Gasteiger partial charge is 0.333 e. The van der Waals surface area contributed by atoms with Crippen molar-refractivity contribution in [3.8, 4) is 11.4 Å². The standard InChI is InChI=1S/C32H30BrClN4O4/c1-19-17-37-28(18-36(19)31(40)22-8-15-26(33)27(34)16-22)29(30(39)35-20(2)21-6-4-3-5-7-21)38(32(37)41)23-9-11-24(12-10-23)42-25-13-14-25/h3-12,15-16,19-20,25H,13-14,17-18H2,1-2H3,(H,35,39)/t19?,20-/m1/s1. The van der Waals surface area contributed by atoms with Crippen LogP contribution >= 0.6 is 27.5 Å². The topological polar surface area (TPSA) is 85.6 Å². The third kappa shape index (κ3) is 5.51. The summed E-state index contributed by atoms with van der Waals surface area (Å²) in [4.78, 5) is 43.3. The summed E-state index contributed by atoms with van der Waals surface area (Å²) in [6.45, 7) is 4.12. The predicted octanol–water partition coefficient (Wildman–Crippen LogP) is 6.13. The van der Waals surface area contributed by atoms with Crippen molar-refractivity contribution < 1.29 is 14.3 Å². The van der Waals surface area contributed by atoms with Crippen LogP contribution in [0.1, 0.15) is 64.8 Å². The zero-order chi connectivity index (χ0) is 29.5. The van der Waals surface area contributed by atoms with Crippen molar-refractivity contribution in [1.82, 2.24) is 19.4 Å². The van der Waals surface area contributed by atoms with Gasteiger partial charge in [0.05, 0.1) is 35.1 Å². The molecule has 0 radical (unpaired) electrons. The molecule has 1 N–H and O–H groups in total. The van der Waals surface area contributed by atoms with Gasteiger partial charge in [-0.25, -0.2) is 4.79 Å². The lowest BCUT2D eigenvalue weighted by Gasteiger charge is -2.34. The van der Waals surface area contributed by atoms with Crippen molar-refractivity contribution in [2.45, 2.75) is 58.0 Å². The van der Waals surface area contributed by atoms with Gasteiger partial charge in [0, 0.05) is 22.6 Å². The number of ether oxygens (including phenoxy) is 1. The number of hydrogen-bond donors (Lipinski definition) is 1. The van der Waals surface area contributed by atoms with Crippen molar-refractivity contribution >= 4 is 39.3 Å². The van der Waals surface area contributed by atoms with E-state index in [1.54, 1.807) is 39.8 Å². The average molecular weight is 650 g/mol. The minimum atomic E-state index is -0.399. The molecule has 42 heavy (non-hydrogen) atoms. The number of halogens is 2. The van der Waals surface area contributed by atoms with E-state index in [0.717, 1.165) is 24.2 Å². The SMILES string of the molecule is CC1Cn2c(c(C(=O)N[C@H](C)c3ccccc3)n(-c3ccc(OC4CC4)cc3)c2=O)CN1C(=O)c1ccc(Br)c(Cl)c1. The fraction of sp³-hybridized carbons (Fsp3) is 0.281. The summed E-state index contributed by atoms with van der Waals surface area (Å²) in [6, 6.07) is 21.3. The Bertz CT molecular complexity index is 1710. The van der Waals surface area contributed by atoms with Crippen molar-refractivity contribution in [3.63, 3.8) is 0 Å². The number of aromatic nitrogens is 2. The highest BCUT2D eigenvalue weighted by atomic mass is 79.9. The van der Waals surface area contributed by atoms with E-state index in [1.165, 1.54) is 4.57 Å². The highest BCUT2D eigenvalue weighted by Crippen LogP contribution is 2.30. The van der Waals surface area contributed by atoms with E-state index in [0.29, 0.717) is 26.4 Å². The first-order chi connectivity index (χ1) is 20.2. The van der Waals surface area contributed by atoms with Gasteiger partial charge in [0.1, 0.15) is 11.4 Å². The summed E-state index contributed by atoms with van der Waals surface area (Å²) in [5.41, 5.74) is 2.27. The molecule has 1 aromatic heterocycles. The number of carbonyl (C=O) groups excluding carboxylic acids is 2. The fourth-order valence-electron chi connectivity index (χ4n) is 5.30. The molecule has 0 spiro atoms. The fourth-order valence-corrected chi connectivity index (χ4v) is 5.73. The zero-order valence-electron chi connectivity index (χ0n) is 23.2. The van der Waals surface area contributed by atoms with Gasteiger partial charge in [-0.05, 0) is 90.6 Å². The van der Waals surface area contributed by atoms with Gasteiger partial charge in [-0.15, -0.1) is 0 Å². The van der Waals surface area contributed by atoms with Crippen LogP contribution in [-0.4, -0.2) is 38.0 Å². The monoisotopic (exact) mass is 648 g/mol. The van der Waals surface area contributed by atoms with Crippen LogP contribution in [0.5, 0.6) is 5.75 Å². The lowest BCUT2D eigenvalue weighted by atomic mass is 10.1. The molecule has 216 valence electrons. The van der Waals surface area contributed by atoms with Crippen molar-refractivity contribution in [2.75, 3.05) is 0 Å². The molecule has 2 atom stereocenters. The predicted molar refractivity (Wildman–Crippen MR) is 164 cm³/mol. The maximum absolute atomic E-state index is 14.0. The zero-order valence-corrected chi connectivity index (χ0v) is 25.6. The third-order valence-corrected chi connectivity index (χ3v) is 8.99. The summed E-state index contributed by atoms with van der Waals surface area (Å²) in [5.74, 6) is 0.0959. The molecular formula is C32H30BrClN4O4. The Balaban J connectivity index is 1.40. The number of fused-ring (bicyclic) bond motifs is 1. The minimum Gasteiger partial charge on any atom is -0.490 e. The van der Waals surface area contributed by atoms with Crippen LogP contribution in [0, 0.1) is 0 Å². The Labute approximate surface area is 257 Å². The number of amides is 2. The van der Waals surface area contributed by atoms with E-state index in [9.17, 15) is 14.4 Å². The molecular weight excluding hydrogens is 620 g/mol. The molecule has 3 aromatic carbocycles. The molecule has 6 rings (SSSR count). The Morgan fingerprint density at radius 3 is 2.43 bits per heavy atom. The summed E-state index contributed by atoms with van der Waals surface area (Å²) < 4.78 is 9.64.